The number of hydrogen-bond donors (Lipinski definition) is 1. The Morgan fingerprint density at radius 1 is 1.24 bits per heavy atom. The van der Waals surface area contributed by atoms with Crippen molar-refractivity contribution in [1.82, 2.24) is 19.4 Å². The fraction of sp³-hybridized carbons (Fsp3) is 0.500. The van der Waals surface area contributed by atoms with Crippen molar-refractivity contribution < 1.29 is 17.6 Å². The summed E-state index contributed by atoms with van der Waals surface area (Å²) in [4.78, 5) is 12.8. The van der Waals surface area contributed by atoms with E-state index in [1.54, 1.807) is 32.9 Å². The number of aryl methyl sites for hydroxylation is 1. The molecule has 1 aromatic heterocycles. The van der Waals surface area contributed by atoms with Crippen LogP contribution >= 0.6 is 0 Å². The quantitative estimate of drug-likeness (QED) is 0.706. The molecule has 0 fully saturated rings. The van der Waals surface area contributed by atoms with Crippen molar-refractivity contribution in [2.75, 3.05) is 13.6 Å². The number of benzene rings is 1. The number of hydrogen-bond acceptors (Lipinski definition) is 4. The number of halogens is 1. The summed E-state index contributed by atoms with van der Waals surface area (Å²) >= 11 is 0. The minimum Gasteiger partial charge on any atom is -0.347 e. The first kappa shape index (κ1) is 23.0. The average molecular weight is 425 g/mol. The third-order valence-corrected chi connectivity index (χ3v) is 7.12. The van der Waals surface area contributed by atoms with E-state index in [-0.39, 0.29) is 35.1 Å². The highest BCUT2D eigenvalue weighted by atomic mass is 32.2. The molecular weight excluding hydrogens is 395 g/mol. The van der Waals surface area contributed by atoms with Crippen LogP contribution in [0.5, 0.6) is 0 Å². The third-order valence-electron chi connectivity index (χ3n) is 4.93. The molecule has 2 aromatic rings. The summed E-state index contributed by atoms with van der Waals surface area (Å²) in [6.07, 6.45) is 0. The van der Waals surface area contributed by atoms with Gasteiger partial charge >= 0.3 is 0 Å². The minimum absolute atomic E-state index is 0.0824. The number of nitrogens with zero attached hydrogens (tertiary/aromatic N) is 3. The van der Waals surface area contributed by atoms with Crippen molar-refractivity contribution in [3.8, 4) is 0 Å². The lowest BCUT2D eigenvalue weighted by Crippen LogP contribution is -2.34. The van der Waals surface area contributed by atoms with Crippen LogP contribution in [0.2, 0.25) is 0 Å². The summed E-state index contributed by atoms with van der Waals surface area (Å²) in [7, 11) is -2.16. The first-order chi connectivity index (χ1) is 13.5. The molecule has 0 bridgehead atoms. The molecule has 0 radical (unpaired) electrons. The standard InChI is InChI=1S/C20H29FN4O3S/c1-7-24(6)29(27,28)20-14(4)23-25(15(20)5)12-18(26)22-19(13(2)3)16-8-10-17(21)11-9-16/h8-11,13,19H,7,12H2,1-6H3,(H,22,26). The van der Waals surface area contributed by atoms with Gasteiger partial charge in [0.25, 0.3) is 0 Å². The van der Waals surface area contributed by atoms with Gasteiger partial charge in [-0.15, -0.1) is 0 Å². The van der Waals surface area contributed by atoms with Gasteiger partial charge < -0.3 is 5.32 Å². The summed E-state index contributed by atoms with van der Waals surface area (Å²) in [5.41, 5.74) is 1.58. The van der Waals surface area contributed by atoms with E-state index in [0.29, 0.717) is 17.9 Å². The molecule has 1 atom stereocenters. The molecule has 2 rings (SSSR count). The molecule has 1 aromatic carbocycles. The van der Waals surface area contributed by atoms with E-state index < -0.39 is 10.0 Å². The van der Waals surface area contributed by atoms with Gasteiger partial charge in [0.1, 0.15) is 17.3 Å². The van der Waals surface area contributed by atoms with E-state index in [0.717, 1.165) is 5.56 Å². The average Bonchev–Trinajstić information content (AvgIpc) is 2.93. The predicted octanol–water partition coefficient (Wildman–Crippen LogP) is 2.79. The smallest absolute Gasteiger partial charge is 0.246 e. The van der Waals surface area contributed by atoms with Crippen molar-refractivity contribution in [3.05, 3.63) is 47.0 Å². The van der Waals surface area contributed by atoms with Gasteiger partial charge in [0.05, 0.1) is 17.4 Å². The van der Waals surface area contributed by atoms with E-state index in [1.165, 1.54) is 28.2 Å². The molecule has 0 aliphatic carbocycles. The Bertz CT molecular complexity index is 968. The van der Waals surface area contributed by atoms with E-state index >= 15 is 0 Å². The third kappa shape index (κ3) is 5.02. The molecule has 1 unspecified atom stereocenters. The van der Waals surface area contributed by atoms with Crippen LogP contribution in [0.1, 0.15) is 43.8 Å². The van der Waals surface area contributed by atoms with Gasteiger partial charge in [-0.05, 0) is 37.5 Å². The van der Waals surface area contributed by atoms with Crippen LogP contribution in [-0.2, 0) is 21.4 Å². The molecule has 160 valence electrons. The number of carbonyl (C=O) groups is 1. The van der Waals surface area contributed by atoms with E-state index in [4.69, 9.17) is 0 Å². The zero-order valence-corrected chi connectivity index (χ0v) is 18.5. The zero-order valence-electron chi connectivity index (χ0n) is 17.7. The Kier molecular flexibility index (Phi) is 7.18. The van der Waals surface area contributed by atoms with Crippen LogP contribution in [0.4, 0.5) is 4.39 Å². The fourth-order valence-corrected chi connectivity index (χ4v) is 4.74. The topological polar surface area (TPSA) is 84.3 Å². The number of sulfonamides is 1. The molecule has 0 aliphatic heterocycles. The molecule has 0 saturated heterocycles. The highest BCUT2D eigenvalue weighted by Gasteiger charge is 2.28. The van der Waals surface area contributed by atoms with Crippen molar-refractivity contribution in [2.24, 2.45) is 5.92 Å². The van der Waals surface area contributed by atoms with Gasteiger partial charge in [0.15, 0.2) is 0 Å². The van der Waals surface area contributed by atoms with E-state index in [1.807, 2.05) is 13.8 Å². The lowest BCUT2D eigenvalue weighted by atomic mass is 9.96. The maximum atomic E-state index is 13.2. The first-order valence-electron chi connectivity index (χ1n) is 9.54. The molecule has 29 heavy (non-hydrogen) atoms. The van der Waals surface area contributed by atoms with Gasteiger partial charge in [-0.3, -0.25) is 9.48 Å². The molecule has 1 amide bonds. The lowest BCUT2D eigenvalue weighted by molar-refractivity contribution is -0.123. The van der Waals surface area contributed by atoms with Crippen molar-refractivity contribution in [3.63, 3.8) is 0 Å². The highest BCUT2D eigenvalue weighted by molar-refractivity contribution is 7.89. The van der Waals surface area contributed by atoms with Crippen LogP contribution in [-0.4, -0.2) is 42.0 Å². The second-order valence-corrected chi connectivity index (χ2v) is 9.40. The van der Waals surface area contributed by atoms with Crippen molar-refractivity contribution in [1.29, 1.82) is 0 Å². The molecule has 0 aliphatic rings. The molecule has 7 nitrogen and oxygen atoms in total. The van der Waals surface area contributed by atoms with Gasteiger partial charge in [-0.1, -0.05) is 32.9 Å². The van der Waals surface area contributed by atoms with Crippen molar-refractivity contribution in [2.45, 2.75) is 52.1 Å². The largest absolute Gasteiger partial charge is 0.347 e. The normalized spacial score (nSPS) is 13.1. The van der Waals surface area contributed by atoms with Gasteiger partial charge in [-0.25, -0.2) is 17.1 Å². The van der Waals surface area contributed by atoms with Crippen LogP contribution < -0.4 is 5.32 Å². The zero-order chi connectivity index (χ0) is 21.9. The van der Waals surface area contributed by atoms with Crippen LogP contribution in [0, 0.1) is 25.6 Å². The minimum atomic E-state index is -3.67. The number of carbonyl (C=O) groups excluding carboxylic acids is 1. The molecular formula is C20H29FN4O3S. The highest BCUT2D eigenvalue weighted by Crippen LogP contribution is 2.24. The summed E-state index contributed by atoms with van der Waals surface area (Å²) in [5.74, 6) is -0.554. The number of aromatic nitrogens is 2. The molecule has 1 heterocycles. The lowest BCUT2D eigenvalue weighted by Gasteiger charge is -2.23. The predicted molar refractivity (Wildman–Crippen MR) is 109 cm³/mol. The SMILES string of the molecule is CCN(C)S(=O)(=O)c1c(C)nn(CC(=O)NC(c2ccc(F)cc2)C(C)C)c1C. The van der Waals surface area contributed by atoms with Gasteiger partial charge in [0, 0.05) is 13.6 Å². The van der Waals surface area contributed by atoms with Crippen LogP contribution in [0.15, 0.2) is 29.2 Å². The Balaban J connectivity index is 2.24. The van der Waals surface area contributed by atoms with Crippen LogP contribution in [0.25, 0.3) is 0 Å². The fourth-order valence-electron chi connectivity index (χ4n) is 3.19. The Morgan fingerprint density at radius 3 is 2.34 bits per heavy atom. The molecule has 0 spiro atoms. The van der Waals surface area contributed by atoms with E-state index in [9.17, 15) is 17.6 Å². The molecule has 0 saturated carbocycles. The maximum Gasteiger partial charge on any atom is 0.246 e. The van der Waals surface area contributed by atoms with Crippen molar-refractivity contribution >= 4 is 15.9 Å². The summed E-state index contributed by atoms with van der Waals surface area (Å²) in [5, 5.41) is 7.22. The Hall–Kier alpha value is -2.26. The monoisotopic (exact) mass is 424 g/mol. The summed E-state index contributed by atoms with van der Waals surface area (Å²) in [6, 6.07) is 5.72. The Labute approximate surface area is 172 Å². The maximum absolute atomic E-state index is 13.2. The summed E-state index contributed by atoms with van der Waals surface area (Å²) < 4.78 is 41.3. The molecule has 9 heteroatoms. The number of amides is 1. The summed E-state index contributed by atoms with van der Waals surface area (Å²) in [6.45, 7) is 9.16. The molecule has 1 N–H and O–H groups in total. The number of rotatable bonds is 8. The Morgan fingerprint density at radius 2 is 1.83 bits per heavy atom. The van der Waals surface area contributed by atoms with Gasteiger partial charge in [0.2, 0.25) is 15.9 Å². The number of nitrogens with one attached hydrogen (secondary N) is 1. The van der Waals surface area contributed by atoms with Crippen LogP contribution in [0.3, 0.4) is 0 Å². The van der Waals surface area contributed by atoms with E-state index in [2.05, 4.69) is 10.4 Å². The second kappa shape index (κ2) is 9.04. The second-order valence-electron chi connectivity index (χ2n) is 7.42. The first-order valence-corrected chi connectivity index (χ1v) is 11.0. The van der Waals surface area contributed by atoms with Gasteiger partial charge in [-0.2, -0.15) is 5.10 Å².